The number of rotatable bonds is 4. The Morgan fingerprint density at radius 1 is 1.33 bits per heavy atom. The lowest BCUT2D eigenvalue weighted by molar-refractivity contribution is 0.146. The first kappa shape index (κ1) is 13.9. The molecule has 21 heavy (non-hydrogen) atoms. The average Bonchev–Trinajstić information content (AvgIpc) is 3.10. The molecular weight excluding hydrogens is 278 g/mol. The minimum absolute atomic E-state index is 0.183. The van der Waals surface area contributed by atoms with Crippen molar-refractivity contribution < 1.29 is 13.3 Å². The summed E-state index contributed by atoms with van der Waals surface area (Å²) in [5, 5.41) is 6.83. The molecule has 2 aromatic rings. The summed E-state index contributed by atoms with van der Waals surface area (Å²) < 4.78 is 31.5. The Labute approximate surface area is 120 Å². The molecule has 1 aliphatic rings. The summed E-state index contributed by atoms with van der Waals surface area (Å²) in [5.74, 6) is 0.507. The number of aryl methyl sites for hydroxylation is 1. The first-order valence-electron chi connectivity index (χ1n) is 6.99. The predicted molar refractivity (Wildman–Crippen MR) is 73.1 cm³/mol. The summed E-state index contributed by atoms with van der Waals surface area (Å²) in [6.45, 7) is 1.73. The van der Waals surface area contributed by atoms with E-state index in [0.29, 0.717) is 5.69 Å². The molecular formula is C14H16F2N4O. The van der Waals surface area contributed by atoms with Gasteiger partial charge < -0.3 is 9.84 Å². The minimum atomic E-state index is -2.70. The predicted octanol–water partition coefficient (Wildman–Crippen LogP) is 3.73. The molecule has 0 atom stereocenters. The number of nitrogens with zero attached hydrogens (tertiary/aromatic N) is 3. The van der Waals surface area contributed by atoms with Crippen LogP contribution in [0.15, 0.2) is 16.8 Å². The maximum Gasteiger partial charge on any atom is 0.281 e. The van der Waals surface area contributed by atoms with Gasteiger partial charge in [0.25, 0.3) is 6.43 Å². The molecule has 1 saturated carbocycles. The van der Waals surface area contributed by atoms with Crippen molar-refractivity contribution in [2.45, 2.75) is 45.1 Å². The van der Waals surface area contributed by atoms with Gasteiger partial charge in [-0.15, -0.1) is 0 Å². The first-order chi connectivity index (χ1) is 10.1. The molecule has 0 saturated heterocycles. The van der Waals surface area contributed by atoms with Gasteiger partial charge >= 0.3 is 0 Å². The molecule has 0 radical (unpaired) electrons. The van der Waals surface area contributed by atoms with E-state index in [9.17, 15) is 8.78 Å². The van der Waals surface area contributed by atoms with Crippen molar-refractivity contribution in [2.75, 3.05) is 5.32 Å². The first-order valence-corrected chi connectivity index (χ1v) is 6.99. The molecule has 2 aromatic heterocycles. The zero-order chi connectivity index (χ0) is 14.8. The maximum atomic E-state index is 13.2. The molecule has 0 amide bonds. The van der Waals surface area contributed by atoms with Crippen molar-refractivity contribution in [3.8, 4) is 11.3 Å². The molecule has 1 fully saturated rings. The second-order valence-corrected chi connectivity index (χ2v) is 5.25. The number of anilines is 1. The van der Waals surface area contributed by atoms with Gasteiger partial charge in [-0.05, 0) is 19.8 Å². The fourth-order valence-electron chi connectivity index (χ4n) is 2.56. The van der Waals surface area contributed by atoms with Gasteiger partial charge in [0.15, 0.2) is 5.76 Å². The van der Waals surface area contributed by atoms with Crippen LogP contribution in [0.2, 0.25) is 0 Å². The Bertz CT molecular complexity index is 623. The van der Waals surface area contributed by atoms with Crippen molar-refractivity contribution in [3.63, 3.8) is 0 Å². The molecule has 5 nitrogen and oxygen atoms in total. The Hall–Kier alpha value is -2.05. The number of aromatic nitrogens is 3. The highest BCUT2D eigenvalue weighted by atomic mass is 19.3. The molecule has 0 aliphatic heterocycles. The molecule has 1 aliphatic carbocycles. The van der Waals surface area contributed by atoms with Gasteiger partial charge in [-0.2, -0.15) is 0 Å². The smallest absolute Gasteiger partial charge is 0.281 e. The van der Waals surface area contributed by atoms with Crippen LogP contribution < -0.4 is 5.32 Å². The molecule has 3 rings (SSSR count). The van der Waals surface area contributed by atoms with E-state index >= 15 is 0 Å². The zero-order valence-corrected chi connectivity index (χ0v) is 11.6. The second kappa shape index (κ2) is 5.75. The van der Waals surface area contributed by atoms with E-state index < -0.39 is 6.43 Å². The zero-order valence-electron chi connectivity index (χ0n) is 11.6. The number of halogens is 2. The summed E-state index contributed by atoms with van der Waals surface area (Å²) in [7, 11) is 0. The lowest BCUT2D eigenvalue weighted by Crippen LogP contribution is -2.17. The van der Waals surface area contributed by atoms with Gasteiger partial charge in [0.1, 0.15) is 5.69 Å². The summed E-state index contributed by atoms with van der Waals surface area (Å²) >= 11 is 0. The van der Waals surface area contributed by atoms with Crippen LogP contribution >= 0.6 is 0 Å². The van der Waals surface area contributed by atoms with Crippen molar-refractivity contribution in [3.05, 3.63) is 23.7 Å². The van der Waals surface area contributed by atoms with Crippen LogP contribution in [-0.4, -0.2) is 21.2 Å². The van der Waals surface area contributed by atoms with Crippen LogP contribution in [-0.2, 0) is 0 Å². The summed E-state index contributed by atoms with van der Waals surface area (Å²) in [4.78, 5) is 8.09. The van der Waals surface area contributed by atoms with E-state index in [2.05, 4.69) is 20.4 Å². The molecule has 0 unspecified atom stereocenters. The third-order valence-electron chi connectivity index (χ3n) is 3.61. The van der Waals surface area contributed by atoms with Crippen LogP contribution in [0.1, 0.15) is 43.5 Å². The Morgan fingerprint density at radius 3 is 2.71 bits per heavy atom. The monoisotopic (exact) mass is 294 g/mol. The van der Waals surface area contributed by atoms with Crippen molar-refractivity contribution in [1.29, 1.82) is 0 Å². The van der Waals surface area contributed by atoms with Gasteiger partial charge in [-0.3, -0.25) is 0 Å². The Morgan fingerprint density at radius 2 is 2.10 bits per heavy atom. The lowest BCUT2D eigenvalue weighted by atomic mass is 10.1. The third kappa shape index (κ3) is 3.01. The summed E-state index contributed by atoms with van der Waals surface area (Å²) in [6, 6.07) is 1.86. The SMILES string of the molecule is Cc1cc(-c2cnc(NC3CCCC3)nc2C(F)F)on1. The fourth-order valence-corrected chi connectivity index (χ4v) is 2.56. The standard InChI is InChI=1S/C14H16F2N4O/c1-8-6-11(21-20-8)10-7-17-14(19-12(10)13(15)16)18-9-4-2-3-5-9/h6-7,9,13H,2-5H2,1H3,(H,17,18,19). The second-order valence-electron chi connectivity index (χ2n) is 5.25. The molecule has 2 heterocycles. The lowest BCUT2D eigenvalue weighted by Gasteiger charge is -2.13. The van der Waals surface area contributed by atoms with E-state index in [1.165, 1.54) is 6.20 Å². The Kier molecular flexibility index (Phi) is 3.81. The molecule has 1 N–H and O–H groups in total. The number of alkyl halides is 2. The van der Waals surface area contributed by atoms with E-state index in [4.69, 9.17) is 4.52 Å². The highest BCUT2D eigenvalue weighted by Crippen LogP contribution is 2.31. The van der Waals surface area contributed by atoms with Crippen molar-refractivity contribution in [1.82, 2.24) is 15.1 Å². The maximum absolute atomic E-state index is 13.2. The number of nitrogens with one attached hydrogen (secondary N) is 1. The fraction of sp³-hybridized carbons (Fsp3) is 0.500. The Balaban J connectivity index is 1.90. The molecule has 7 heteroatoms. The molecule has 0 spiro atoms. The van der Waals surface area contributed by atoms with Crippen LogP contribution in [0.5, 0.6) is 0 Å². The van der Waals surface area contributed by atoms with E-state index in [0.717, 1.165) is 25.7 Å². The largest absolute Gasteiger partial charge is 0.356 e. The summed E-state index contributed by atoms with van der Waals surface area (Å²) in [5.41, 5.74) is 0.475. The third-order valence-corrected chi connectivity index (χ3v) is 3.61. The highest BCUT2D eigenvalue weighted by Gasteiger charge is 2.22. The topological polar surface area (TPSA) is 63.8 Å². The molecule has 112 valence electrons. The van der Waals surface area contributed by atoms with E-state index in [1.54, 1.807) is 13.0 Å². The van der Waals surface area contributed by atoms with Gasteiger partial charge in [0.05, 0.1) is 11.3 Å². The van der Waals surface area contributed by atoms with Crippen LogP contribution in [0.4, 0.5) is 14.7 Å². The van der Waals surface area contributed by atoms with Gasteiger partial charge in [0.2, 0.25) is 5.95 Å². The van der Waals surface area contributed by atoms with Crippen molar-refractivity contribution >= 4 is 5.95 Å². The summed E-state index contributed by atoms with van der Waals surface area (Å²) in [6.07, 6.45) is 3.01. The van der Waals surface area contributed by atoms with Crippen LogP contribution in [0.25, 0.3) is 11.3 Å². The van der Waals surface area contributed by atoms with Crippen LogP contribution in [0, 0.1) is 6.92 Å². The quantitative estimate of drug-likeness (QED) is 0.930. The highest BCUT2D eigenvalue weighted by molar-refractivity contribution is 5.60. The van der Waals surface area contributed by atoms with E-state index in [1.807, 2.05) is 0 Å². The van der Waals surface area contributed by atoms with Gasteiger partial charge in [-0.1, -0.05) is 18.0 Å². The number of hydrogen-bond acceptors (Lipinski definition) is 5. The van der Waals surface area contributed by atoms with Crippen LogP contribution in [0.3, 0.4) is 0 Å². The van der Waals surface area contributed by atoms with Gasteiger partial charge in [0, 0.05) is 18.3 Å². The van der Waals surface area contributed by atoms with E-state index in [-0.39, 0.29) is 29.0 Å². The molecule has 0 bridgehead atoms. The number of hydrogen-bond donors (Lipinski definition) is 1. The normalized spacial score (nSPS) is 15.8. The van der Waals surface area contributed by atoms with Gasteiger partial charge in [-0.25, -0.2) is 18.7 Å². The molecule has 0 aromatic carbocycles. The minimum Gasteiger partial charge on any atom is -0.356 e. The van der Waals surface area contributed by atoms with Crippen molar-refractivity contribution in [2.24, 2.45) is 0 Å². The average molecular weight is 294 g/mol.